The Balaban J connectivity index is 3.44. The first-order chi connectivity index (χ1) is 3.81. The number of hydrogen-bond acceptors (Lipinski definition) is 2. The van der Waals surface area contributed by atoms with E-state index in [2.05, 4.69) is 39.8 Å². The predicted octanol–water partition coefficient (Wildman–Crippen LogP) is 1.17. The number of halogens is 1. The van der Waals surface area contributed by atoms with E-state index in [0.29, 0.717) is 0 Å². The van der Waals surface area contributed by atoms with Crippen molar-refractivity contribution in [3.63, 3.8) is 0 Å². The monoisotopic (exact) mass is 224 g/mol. The Morgan fingerprint density at radius 1 is 1.75 bits per heavy atom. The maximum absolute atomic E-state index is 3.50. The van der Waals surface area contributed by atoms with Gasteiger partial charge in [0.1, 0.15) is 0 Å². The van der Waals surface area contributed by atoms with Gasteiger partial charge in [0, 0.05) is 13.2 Å². The quantitative estimate of drug-likeness (QED) is 0.555. The third-order valence-corrected chi connectivity index (χ3v) is 1.13. The van der Waals surface area contributed by atoms with Gasteiger partial charge in [-0.15, -0.1) is 0 Å². The second-order valence-electron chi connectivity index (χ2n) is 1.13. The fourth-order valence-corrected chi connectivity index (χ4v) is 0.797. The van der Waals surface area contributed by atoms with E-state index >= 15 is 0 Å². The van der Waals surface area contributed by atoms with Crippen LogP contribution in [0.25, 0.3) is 0 Å². The van der Waals surface area contributed by atoms with Gasteiger partial charge in [-0.1, -0.05) is 6.58 Å². The maximum Gasteiger partial charge on any atom is 0.0930 e. The Kier molecular flexibility index (Phi) is 4.84. The largest absolute Gasteiger partial charge is 0.392 e. The zero-order chi connectivity index (χ0) is 6.41. The highest BCUT2D eigenvalue weighted by molar-refractivity contribution is 14.1. The lowest BCUT2D eigenvalue weighted by atomic mass is 10.8. The van der Waals surface area contributed by atoms with Gasteiger partial charge in [0.05, 0.1) is 3.70 Å². The molecule has 0 spiro atoms. The molecule has 0 heterocycles. The Labute approximate surface area is 63.2 Å². The summed E-state index contributed by atoms with van der Waals surface area (Å²) in [4.78, 5) is 0. The molecule has 8 heavy (non-hydrogen) atoms. The molecule has 2 nitrogen and oxygen atoms in total. The van der Waals surface area contributed by atoms with Crippen LogP contribution in [0.3, 0.4) is 0 Å². The smallest absolute Gasteiger partial charge is 0.0930 e. The second kappa shape index (κ2) is 4.96. The van der Waals surface area contributed by atoms with Gasteiger partial charge >= 0.3 is 0 Å². The molecule has 0 atom stereocenters. The number of nitrogens with one attached hydrogen (secondary N) is 2. The zero-order valence-electron chi connectivity index (χ0n) is 4.74. The fraction of sp³-hybridized carbons (Fsp3) is 0.200. The summed E-state index contributed by atoms with van der Waals surface area (Å²) in [6.07, 6.45) is 3.48. The summed E-state index contributed by atoms with van der Waals surface area (Å²) in [5.74, 6) is 0. The summed E-state index contributed by atoms with van der Waals surface area (Å²) in [5.41, 5.74) is 0. The first-order valence-corrected chi connectivity index (χ1v) is 3.29. The molecular formula is C5H9IN2. The molecule has 0 rings (SSSR count). The molecular weight excluding hydrogens is 215 g/mol. The highest BCUT2D eigenvalue weighted by atomic mass is 127. The molecule has 0 aliphatic heterocycles. The van der Waals surface area contributed by atoms with E-state index < -0.39 is 0 Å². The molecule has 0 bridgehead atoms. The van der Waals surface area contributed by atoms with E-state index in [4.69, 9.17) is 0 Å². The fourth-order valence-electron chi connectivity index (χ4n) is 0.266. The van der Waals surface area contributed by atoms with E-state index in [9.17, 15) is 0 Å². The average molecular weight is 224 g/mol. The molecule has 0 aromatic heterocycles. The molecule has 46 valence electrons. The van der Waals surface area contributed by atoms with Crippen LogP contribution in [0.2, 0.25) is 0 Å². The third-order valence-electron chi connectivity index (χ3n) is 0.511. The summed E-state index contributed by atoms with van der Waals surface area (Å²) in [6.45, 7) is 3.50. The van der Waals surface area contributed by atoms with Crippen molar-refractivity contribution in [2.45, 2.75) is 0 Å². The van der Waals surface area contributed by atoms with Crippen molar-refractivity contribution < 1.29 is 0 Å². The molecule has 0 fully saturated rings. The van der Waals surface area contributed by atoms with Crippen LogP contribution in [0, 0.1) is 0 Å². The van der Waals surface area contributed by atoms with E-state index in [1.54, 1.807) is 6.20 Å². The van der Waals surface area contributed by atoms with Crippen molar-refractivity contribution in [3.05, 3.63) is 22.7 Å². The number of rotatable bonds is 3. The van der Waals surface area contributed by atoms with Crippen molar-refractivity contribution >= 4 is 22.6 Å². The van der Waals surface area contributed by atoms with Crippen LogP contribution in [0.15, 0.2) is 22.7 Å². The van der Waals surface area contributed by atoms with Gasteiger partial charge in [0.15, 0.2) is 0 Å². The maximum atomic E-state index is 3.50. The number of hydrogen-bond donors (Lipinski definition) is 2. The minimum absolute atomic E-state index is 1.03. The van der Waals surface area contributed by atoms with Crippen molar-refractivity contribution in [1.29, 1.82) is 0 Å². The zero-order valence-corrected chi connectivity index (χ0v) is 6.90. The van der Waals surface area contributed by atoms with E-state index in [1.807, 2.05) is 13.2 Å². The molecule has 0 saturated heterocycles. The minimum atomic E-state index is 1.03. The molecule has 0 aromatic rings. The highest BCUT2D eigenvalue weighted by Crippen LogP contribution is 1.96. The molecule has 0 radical (unpaired) electrons. The van der Waals surface area contributed by atoms with Gasteiger partial charge in [-0.25, -0.2) is 0 Å². The van der Waals surface area contributed by atoms with Crippen molar-refractivity contribution in [2.75, 3.05) is 7.05 Å². The van der Waals surface area contributed by atoms with Gasteiger partial charge in [0.25, 0.3) is 0 Å². The third kappa shape index (κ3) is 3.98. The van der Waals surface area contributed by atoms with Crippen LogP contribution in [-0.2, 0) is 0 Å². The summed E-state index contributed by atoms with van der Waals surface area (Å²) >= 11 is 2.16. The first-order valence-electron chi connectivity index (χ1n) is 2.21. The highest BCUT2D eigenvalue weighted by Gasteiger charge is 1.78. The van der Waals surface area contributed by atoms with Crippen LogP contribution in [-0.4, -0.2) is 7.05 Å². The van der Waals surface area contributed by atoms with Gasteiger partial charge in [-0.2, -0.15) is 0 Å². The molecule has 0 aliphatic carbocycles. The van der Waals surface area contributed by atoms with Crippen LogP contribution < -0.4 is 10.6 Å². The Morgan fingerprint density at radius 2 is 2.38 bits per heavy atom. The van der Waals surface area contributed by atoms with E-state index in [-0.39, 0.29) is 0 Å². The Morgan fingerprint density at radius 3 is 2.75 bits per heavy atom. The van der Waals surface area contributed by atoms with E-state index in [1.165, 1.54) is 0 Å². The first kappa shape index (κ1) is 7.81. The topological polar surface area (TPSA) is 24.1 Å². The van der Waals surface area contributed by atoms with Crippen LogP contribution in [0.5, 0.6) is 0 Å². The summed E-state index contributed by atoms with van der Waals surface area (Å²) in [5, 5.41) is 5.77. The molecule has 2 N–H and O–H groups in total. The molecule has 0 aromatic carbocycles. The van der Waals surface area contributed by atoms with Gasteiger partial charge in [-0.3, -0.25) is 0 Å². The molecule has 0 unspecified atom stereocenters. The summed E-state index contributed by atoms with van der Waals surface area (Å²) in [6, 6.07) is 0. The lowest BCUT2D eigenvalue weighted by Crippen LogP contribution is -2.02. The average Bonchev–Trinajstić information content (AvgIpc) is 1.68. The van der Waals surface area contributed by atoms with Crippen LogP contribution in [0.1, 0.15) is 0 Å². The van der Waals surface area contributed by atoms with Crippen LogP contribution in [0.4, 0.5) is 0 Å². The SMILES string of the molecule is C=CN/C(I)=C\NC. The van der Waals surface area contributed by atoms with Gasteiger partial charge in [0.2, 0.25) is 0 Å². The Bertz CT molecular complexity index is 98.6. The van der Waals surface area contributed by atoms with Crippen LogP contribution >= 0.6 is 22.6 Å². The normalized spacial score (nSPS) is 10.5. The van der Waals surface area contributed by atoms with Crippen molar-refractivity contribution in [1.82, 2.24) is 10.6 Å². The second-order valence-corrected chi connectivity index (χ2v) is 2.29. The standard InChI is InChI=1S/C5H9IN2/c1-3-8-5(6)4-7-2/h3-4,7-8H,1H2,2H3/b5-4-. The lowest BCUT2D eigenvalue weighted by molar-refractivity contribution is 1.06. The van der Waals surface area contributed by atoms with Crippen molar-refractivity contribution in [2.24, 2.45) is 0 Å². The predicted molar refractivity (Wildman–Crippen MR) is 44.5 cm³/mol. The molecule has 0 saturated carbocycles. The molecule has 3 heteroatoms. The summed E-state index contributed by atoms with van der Waals surface area (Å²) in [7, 11) is 1.85. The lowest BCUT2D eigenvalue weighted by Gasteiger charge is -1.94. The van der Waals surface area contributed by atoms with Crippen molar-refractivity contribution in [3.8, 4) is 0 Å². The van der Waals surface area contributed by atoms with Gasteiger partial charge in [-0.05, 0) is 28.8 Å². The molecule has 0 amide bonds. The Hall–Kier alpha value is -0.190. The molecule has 0 aliphatic rings. The summed E-state index contributed by atoms with van der Waals surface area (Å²) < 4.78 is 1.03. The van der Waals surface area contributed by atoms with Gasteiger partial charge < -0.3 is 10.6 Å². The van der Waals surface area contributed by atoms with E-state index in [0.717, 1.165) is 3.70 Å². The minimum Gasteiger partial charge on any atom is -0.392 e.